The second-order valence-electron chi connectivity index (χ2n) is 2.63. The van der Waals surface area contributed by atoms with Gasteiger partial charge in [-0.3, -0.25) is 4.79 Å². The summed E-state index contributed by atoms with van der Waals surface area (Å²) in [5.74, 6) is 0. The predicted molar refractivity (Wildman–Crippen MR) is 35.6 cm³/mol. The Morgan fingerprint density at radius 2 is 2.00 bits per heavy atom. The molecule has 3 heteroatoms. The lowest BCUT2D eigenvalue weighted by Crippen LogP contribution is -2.39. The average molecular weight is 137 g/mol. The smallest absolute Gasteiger partial charge is 0.310 e. The lowest BCUT2D eigenvalue weighted by Gasteiger charge is -2.17. The highest BCUT2D eigenvalue weighted by Gasteiger charge is 2.33. The zero-order valence-corrected chi connectivity index (χ0v) is 5.68. The van der Waals surface area contributed by atoms with Crippen LogP contribution in [0, 0.1) is 11.3 Å². The van der Waals surface area contributed by atoms with E-state index in [2.05, 4.69) is 11.4 Å². The Balaban J connectivity index is 2.59. The van der Waals surface area contributed by atoms with E-state index in [1.54, 1.807) is 6.41 Å². The molecule has 1 fully saturated rings. The Bertz CT molecular complexity index is 165. The van der Waals surface area contributed by atoms with Crippen LogP contribution in [0.1, 0.15) is 25.7 Å². The molecular weight excluding hydrogens is 128 g/mol. The van der Waals surface area contributed by atoms with E-state index in [1.807, 2.05) is 0 Å². The Morgan fingerprint density at radius 3 is 2.40 bits per heavy atom. The van der Waals surface area contributed by atoms with Crippen LogP contribution in [-0.2, 0) is 4.79 Å². The van der Waals surface area contributed by atoms with Gasteiger partial charge in [-0.15, -0.1) is 0 Å². The Morgan fingerprint density at radius 1 is 1.40 bits per heavy atom. The largest absolute Gasteiger partial charge is 0.329 e. The maximum absolute atomic E-state index is 9.94. The number of nitrogens with one attached hydrogen (secondary N) is 1. The summed E-state index contributed by atoms with van der Waals surface area (Å²) in [6.45, 7) is 0. The fraction of sp³-hybridized carbons (Fsp3) is 0.714. The second kappa shape index (κ2) is 2.70. The van der Waals surface area contributed by atoms with Crippen molar-refractivity contribution in [3.63, 3.8) is 0 Å². The predicted octanol–water partition coefficient (Wildman–Crippen LogP) is 0.480. The summed E-state index contributed by atoms with van der Waals surface area (Å²) in [6.07, 6.45) is 5.19. The molecule has 0 heterocycles. The highest BCUT2D eigenvalue weighted by molar-refractivity contribution is 5.50. The van der Waals surface area contributed by atoms with E-state index in [9.17, 15) is 4.79 Å². The summed E-state index contributed by atoms with van der Waals surface area (Å²) in [4.78, 5) is 9.94. The number of carbonyl (C=O) groups excluding carboxylic acids is 1. The number of rotatable bonds is 2. The Hall–Kier alpha value is -1.04. The summed E-state index contributed by atoms with van der Waals surface area (Å²) < 4.78 is 0. The van der Waals surface area contributed by atoms with Gasteiger partial charge in [-0.05, 0) is 25.7 Å². The summed E-state index contributed by atoms with van der Waals surface area (Å²) in [5.41, 5.74) is -0.582. The monoisotopic (exact) mass is 137 g/mol. The SMILES string of the molecule is N#CC1(N[C]=O)CCCC1. The average Bonchev–Trinajstić information content (AvgIpc) is 2.39. The van der Waals surface area contributed by atoms with E-state index in [4.69, 9.17) is 5.26 Å². The lowest BCUT2D eigenvalue weighted by molar-refractivity contribution is 0.464. The molecule has 1 N–H and O–H groups in total. The number of amides is 1. The maximum atomic E-state index is 9.94. The first-order valence-electron chi connectivity index (χ1n) is 3.38. The van der Waals surface area contributed by atoms with Crippen molar-refractivity contribution in [1.29, 1.82) is 5.26 Å². The summed E-state index contributed by atoms with van der Waals surface area (Å²) >= 11 is 0. The molecule has 0 aliphatic heterocycles. The van der Waals surface area contributed by atoms with E-state index in [0.29, 0.717) is 0 Å². The third kappa shape index (κ3) is 1.10. The number of nitriles is 1. The van der Waals surface area contributed by atoms with Gasteiger partial charge in [0.1, 0.15) is 5.54 Å². The van der Waals surface area contributed by atoms with Gasteiger partial charge < -0.3 is 5.32 Å². The number of hydrogen-bond donors (Lipinski definition) is 1. The van der Waals surface area contributed by atoms with E-state index < -0.39 is 5.54 Å². The van der Waals surface area contributed by atoms with Gasteiger partial charge in [0.05, 0.1) is 6.07 Å². The first kappa shape index (κ1) is 7.07. The van der Waals surface area contributed by atoms with Crippen molar-refractivity contribution < 1.29 is 4.79 Å². The molecule has 0 aromatic carbocycles. The molecule has 1 amide bonds. The number of nitrogens with zero attached hydrogens (tertiary/aromatic N) is 1. The molecule has 0 unspecified atom stereocenters. The van der Waals surface area contributed by atoms with Crippen LogP contribution in [0.15, 0.2) is 0 Å². The molecule has 1 radical (unpaired) electrons. The highest BCUT2D eigenvalue weighted by atomic mass is 16.1. The molecule has 3 nitrogen and oxygen atoms in total. The van der Waals surface area contributed by atoms with Crippen LogP contribution >= 0.6 is 0 Å². The molecule has 0 aromatic rings. The van der Waals surface area contributed by atoms with Crippen molar-refractivity contribution in [2.45, 2.75) is 31.2 Å². The van der Waals surface area contributed by atoms with Crippen molar-refractivity contribution in [3.05, 3.63) is 0 Å². The van der Waals surface area contributed by atoms with E-state index in [0.717, 1.165) is 25.7 Å². The van der Waals surface area contributed by atoms with Crippen molar-refractivity contribution in [2.24, 2.45) is 0 Å². The van der Waals surface area contributed by atoms with Crippen LogP contribution in [0.25, 0.3) is 0 Å². The molecular formula is C7H9N2O. The van der Waals surface area contributed by atoms with Gasteiger partial charge in [-0.25, -0.2) is 0 Å². The topological polar surface area (TPSA) is 52.9 Å². The normalized spacial score (nSPS) is 21.5. The maximum Gasteiger partial charge on any atom is 0.310 e. The standard InChI is InChI=1S/C7H9N2O/c8-5-7(9-6-10)3-1-2-4-7/h1-4H2,(H,9,10). The molecule has 1 rings (SSSR count). The van der Waals surface area contributed by atoms with Crippen molar-refractivity contribution in [1.82, 2.24) is 5.32 Å². The molecule has 10 heavy (non-hydrogen) atoms. The van der Waals surface area contributed by atoms with Gasteiger partial charge in [0, 0.05) is 0 Å². The first-order valence-corrected chi connectivity index (χ1v) is 3.38. The first-order chi connectivity index (χ1) is 4.83. The third-order valence-corrected chi connectivity index (χ3v) is 1.96. The summed E-state index contributed by atoms with van der Waals surface area (Å²) in [6, 6.07) is 2.10. The third-order valence-electron chi connectivity index (χ3n) is 1.96. The van der Waals surface area contributed by atoms with Gasteiger partial charge in [0.2, 0.25) is 0 Å². The van der Waals surface area contributed by atoms with Crippen molar-refractivity contribution in [3.8, 4) is 6.07 Å². The van der Waals surface area contributed by atoms with Gasteiger partial charge in [-0.1, -0.05) is 0 Å². The van der Waals surface area contributed by atoms with Crippen LogP contribution in [0.4, 0.5) is 0 Å². The molecule has 53 valence electrons. The quantitative estimate of drug-likeness (QED) is 0.563. The summed E-state index contributed by atoms with van der Waals surface area (Å²) in [5, 5.41) is 11.1. The molecule has 1 aliphatic carbocycles. The van der Waals surface area contributed by atoms with E-state index in [-0.39, 0.29) is 0 Å². The van der Waals surface area contributed by atoms with Gasteiger partial charge in [0.25, 0.3) is 0 Å². The van der Waals surface area contributed by atoms with Gasteiger partial charge >= 0.3 is 6.41 Å². The van der Waals surface area contributed by atoms with Crippen molar-refractivity contribution >= 4 is 6.41 Å². The lowest BCUT2D eigenvalue weighted by atomic mass is 10.0. The van der Waals surface area contributed by atoms with Gasteiger partial charge in [0.15, 0.2) is 0 Å². The molecule has 1 saturated carbocycles. The summed E-state index contributed by atoms with van der Waals surface area (Å²) in [7, 11) is 0. The van der Waals surface area contributed by atoms with Crippen molar-refractivity contribution in [2.75, 3.05) is 0 Å². The molecule has 0 aromatic heterocycles. The van der Waals surface area contributed by atoms with Crippen LogP contribution in [0.2, 0.25) is 0 Å². The Kier molecular flexibility index (Phi) is 1.91. The fourth-order valence-electron chi connectivity index (χ4n) is 1.34. The van der Waals surface area contributed by atoms with E-state index in [1.165, 1.54) is 0 Å². The molecule has 0 atom stereocenters. The zero-order valence-electron chi connectivity index (χ0n) is 5.68. The minimum Gasteiger partial charge on any atom is -0.329 e. The molecule has 0 saturated heterocycles. The van der Waals surface area contributed by atoms with E-state index >= 15 is 0 Å². The molecule has 1 aliphatic rings. The van der Waals surface area contributed by atoms with Gasteiger partial charge in [-0.2, -0.15) is 5.26 Å². The zero-order chi connectivity index (χ0) is 7.45. The van der Waals surface area contributed by atoms with Crippen LogP contribution in [0.5, 0.6) is 0 Å². The molecule has 0 spiro atoms. The minimum atomic E-state index is -0.582. The van der Waals surface area contributed by atoms with Crippen LogP contribution in [0.3, 0.4) is 0 Å². The second-order valence-corrected chi connectivity index (χ2v) is 2.63. The fourth-order valence-corrected chi connectivity index (χ4v) is 1.34. The van der Waals surface area contributed by atoms with Crippen LogP contribution in [-0.4, -0.2) is 11.9 Å². The van der Waals surface area contributed by atoms with Crippen LogP contribution < -0.4 is 5.32 Å². The Labute approximate surface area is 60.0 Å². The molecule has 0 bridgehead atoms. The highest BCUT2D eigenvalue weighted by Crippen LogP contribution is 2.28. The number of hydrogen-bond acceptors (Lipinski definition) is 2. The minimum absolute atomic E-state index is 0.582.